The molecule has 0 unspecified atom stereocenters. The average Bonchev–Trinajstić information content (AvgIpc) is 2.38. The summed E-state index contributed by atoms with van der Waals surface area (Å²) in [5.74, 6) is 1.15. The SMILES string of the molecule is CCNCc1cccc(N2CCCCC2)n1. The molecule has 0 aromatic carbocycles. The number of nitrogens with zero attached hydrogens (tertiary/aromatic N) is 2. The van der Waals surface area contributed by atoms with Crippen molar-refractivity contribution >= 4 is 5.82 Å². The van der Waals surface area contributed by atoms with Crippen molar-refractivity contribution in [2.45, 2.75) is 32.7 Å². The highest BCUT2D eigenvalue weighted by Gasteiger charge is 2.11. The molecule has 0 bridgehead atoms. The second kappa shape index (κ2) is 5.85. The Labute approximate surface area is 97.9 Å². The van der Waals surface area contributed by atoms with Crippen LogP contribution in [0.5, 0.6) is 0 Å². The normalized spacial score (nSPS) is 16.4. The summed E-state index contributed by atoms with van der Waals surface area (Å²) in [5.41, 5.74) is 1.14. The number of hydrogen-bond acceptors (Lipinski definition) is 3. The van der Waals surface area contributed by atoms with E-state index in [0.29, 0.717) is 0 Å². The smallest absolute Gasteiger partial charge is 0.128 e. The number of hydrogen-bond donors (Lipinski definition) is 1. The van der Waals surface area contributed by atoms with Gasteiger partial charge in [-0.25, -0.2) is 4.98 Å². The van der Waals surface area contributed by atoms with E-state index in [1.807, 2.05) is 0 Å². The van der Waals surface area contributed by atoms with Crippen molar-refractivity contribution in [1.82, 2.24) is 10.3 Å². The van der Waals surface area contributed by atoms with Crippen molar-refractivity contribution in [3.05, 3.63) is 23.9 Å². The summed E-state index contributed by atoms with van der Waals surface area (Å²) in [5, 5.41) is 3.31. The summed E-state index contributed by atoms with van der Waals surface area (Å²) in [4.78, 5) is 7.10. The Bertz CT molecular complexity index is 319. The molecule has 0 radical (unpaired) electrons. The first kappa shape index (κ1) is 11.4. The molecule has 0 aliphatic carbocycles. The zero-order chi connectivity index (χ0) is 11.2. The molecule has 88 valence electrons. The number of pyridine rings is 1. The second-order valence-electron chi connectivity index (χ2n) is 4.32. The molecule has 0 saturated carbocycles. The minimum absolute atomic E-state index is 0.873. The fourth-order valence-corrected chi connectivity index (χ4v) is 2.12. The fourth-order valence-electron chi connectivity index (χ4n) is 2.12. The third-order valence-corrected chi connectivity index (χ3v) is 3.03. The lowest BCUT2D eigenvalue weighted by atomic mass is 10.1. The third-order valence-electron chi connectivity index (χ3n) is 3.03. The largest absolute Gasteiger partial charge is 0.357 e. The van der Waals surface area contributed by atoms with Crippen molar-refractivity contribution in [3.63, 3.8) is 0 Å². The predicted molar refractivity (Wildman–Crippen MR) is 67.7 cm³/mol. The Hall–Kier alpha value is -1.09. The average molecular weight is 219 g/mol. The van der Waals surface area contributed by atoms with Gasteiger partial charge in [-0.05, 0) is 37.9 Å². The number of anilines is 1. The van der Waals surface area contributed by atoms with Crippen LogP contribution in [0, 0.1) is 0 Å². The zero-order valence-electron chi connectivity index (χ0n) is 10.1. The quantitative estimate of drug-likeness (QED) is 0.841. The molecule has 2 rings (SSSR count). The minimum atomic E-state index is 0.873. The first-order valence-electron chi connectivity index (χ1n) is 6.32. The predicted octanol–water partition coefficient (Wildman–Crippen LogP) is 2.18. The van der Waals surface area contributed by atoms with Crippen LogP contribution in [0.15, 0.2) is 18.2 Å². The van der Waals surface area contributed by atoms with Crippen molar-refractivity contribution in [2.75, 3.05) is 24.5 Å². The Kier molecular flexibility index (Phi) is 4.17. The van der Waals surface area contributed by atoms with Gasteiger partial charge in [-0.1, -0.05) is 13.0 Å². The van der Waals surface area contributed by atoms with E-state index >= 15 is 0 Å². The van der Waals surface area contributed by atoms with Crippen LogP contribution in [0.25, 0.3) is 0 Å². The van der Waals surface area contributed by atoms with Gasteiger partial charge in [0, 0.05) is 19.6 Å². The molecule has 3 nitrogen and oxygen atoms in total. The third kappa shape index (κ3) is 2.95. The van der Waals surface area contributed by atoms with Gasteiger partial charge in [0.2, 0.25) is 0 Å². The zero-order valence-corrected chi connectivity index (χ0v) is 10.1. The molecule has 0 spiro atoms. The van der Waals surface area contributed by atoms with Gasteiger partial charge in [-0.15, -0.1) is 0 Å². The minimum Gasteiger partial charge on any atom is -0.357 e. The first-order valence-corrected chi connectivity index (χ1v) is 6.32. The lowest BCUT2D eigenvalue weighted by Gasteiger charge is -2.27. The molecular formula is C13H21N3. The van der Waals surface area contributed by atoms with Crippen LogP contribution in [-0.2, 0) is 6.54 Å². The van der Waals surface area contributed by atoms with Crippen molar-refractivity contribution < 1.29 is 0 Å². The Morgan fingerprint density at radius 1 is 1.25 bits per heavy atom. The summed E-state index contributed by atoms with van der Waals surface area (Å²) >= 11 is 0. The standard InChI is InChI=1S/C13H21N3/c1-2-14-11-12-7-6-8-13(15-12)16-9-4-3-5-10-16/h6-8,14H,2-5,9-11H2,1H3. The van der Waals surface area contributed by atoms with Crippen LogP contribution in [0.3, 0.4) is 0 Å². The maximum atomic E-state index is 4.70. The molecule has 0 atom stereocenters. The number of piperidine rings is 1. The maximum Gasteiger partial charge on any atom is 0.128 e. The molecule has 1 aromatic heterocycles. The van der Waals surface area contributed by atoms with Crippen molar-refractivity contribution in [3.8, 4) is 0 Å². The second-order valence-corrected chi connectivity index (χ2v) is 4.32. The highest BCUT2D eigenvalue weighted by molar-refractivity contribution is 5.39. The van der Waals surface area contributed by atoms with Crippen molar-refractivity contribution in [2.24, 2.45) is 0 Å². The molecule has 1 fully saturated rings. The Morgan fingerprint density at radius 3 is 2.81 bits per heavy atom. The van der Waals surface area contributed by atoms with Crippen LogP contribution in [0.1, 0.15) is 31.9 Å². The molecule has 1 aliphatic heterocycles. The summed E-state index contributed by atoms with van der Waals surface area (Å²) in [6, 6.07) is 6.33. The van der Waals surface area contributed by atoms with Gasteiger partial charge >= 0.3 is 0 Å². The molecule has 16 heavy (non-hydrogen) atoms. The van der Waals surface area contributed by atoms with Gasteiger partial charge in [0.15, 0.2) is 0 Å². The van der Waals surface area contributed by atoms with Gasteiger partial charge < -0.3 is 10.2 Å². The Balaban J connectivity index is 2.02. The molecule has 1 aromatic rings. The number of rotatable bonds is 4. The van der Waals surface area contributed by atoms with Gasteiger partial charge in [-0.2, -0.15) is 0 Å². The van der Waals surface area contributed by atoms with Crippen molar-refractivity contribution in [1.29, 1.82) is 0 Å². The summed E-state index contributed by atoms with van der Waals surface area (Å²) < 4.78 is 0. The monoisotopic (exact) mass is 219 g/mol. The van der Waals surface area contributed by atoms with Crippen LogP contribution in [-0.4, -0.2) is 24.6 Å². The lowest BCUT2D eigenvalue weighted by Crippen LogP contribution is -2.30. The molecule has 1 saturated heterocycles. The van der Waals surface area contributed by atoms with E-state index in [0.717, 1.165) is 37.7 Å². The van der Waals surface area contributed by atoms with Gasteiger partial charge in [0.25, 0.3) is 0 Å². The van der Waals surface area contributed by atoms with E-state index in [9.17, 15) is 0 Å². The Morgan fingerprint density at radius 2 is 2.06 bits per heavy atom. The highest BCUT2D eigenvalue weighted by Crippen LogP contribution is 2.17. The summed E-state index contributed by atoms with van der Waals surface area (Å²) in [6.07, 6.45) is 3.98. The summed E-state index contributed by atoms with van der Waals surface area (Å²) in [7, 11) is 0. The van der Waals surface area contributed by atoms with E-state index in [2.05, 4.69) is 35.3 Å². The van der Waals surface area contributed by atoms with E-state index in [-0.39, 0.29) is 0 Å². The molecular weight excluding hydrogens is 198 g/mol. The highest BCUT2D eigenvalue weighted by atomic mass is 15.2. The maximum absolute atomic E-state index is 4.70. The van der Waals surface area contributed by atoms with E-state index < -0.39 is 0 Å². The van der Waals surface area contributed by atoms with E-state index in [1.54, 1.807) is 0 Å². The molecule has 1 aliphatic rings. The van der Waals surface area contributed by atoms with Crippen LogP contribution in [0.4, 0.5) is 5.82 Å². The van der Waals surface area contributed by atoms with E-state index in [1.165, 1.54) is 19.3 Å². The lowest BCUT2D eigenvalue weighted by molar-refractivity contribution is 0.572. The number of nitrogens with one attached hydrogen (secondary N) is 1. The molecule has 1 N–H and O–H groups in total. The molecule has 3 heteroatoms. The first-order chi connectivity index (χ1) is 7.90. The van der Waals surface area contributed by atoms with Crippen LogP contribution >= 0.6 is 0 Å². The van der Waals surface area contributed by atoms with Crippen LogP contribution in [0.2, 0.25) is 0 Å². The summed E-state index contributed by atoms with van der Waals surface area (Å²) in [6.45, 7) is 6.32. The fraction of sp³-hybridized carbons (Fsp3) is 0.615. The van der Waals surface area contributed by atoms with Crippen LogP contribution < -0.4 is 10.2 Å². The number of aromatic nitrogens is 1. The molecule has 0 amide bonds. The molecule has 2 heterocycles. The van der Waals surface area contributed by atoms with Gasteiger partial charge in [-0.3, -0.25) is 0 Å². The topological polar surface area (TPSA) is 28.2 Å². The van der Waals surface area contributed by atoms with Gasteiger partial charge in [0.1, 0.15) is 5.82 Å². The van der Waals surface area contributed by atoms with Gasteiger partial charge in [0.05, 0.1) is 5.69 Å². The van der Waals surface area contributed by atoms with E-state index in [4.69, 9.17) is 4.98 Å².